The molecule has 2 heterocycles. The third-order valence-electron chi connectivity index (χ3n) is 4.30. The molecular weight excluding hydrogens is 304 g/mol. The van der Waals surface area contributed by atoms with Gasteiger partial charge in [-0.1, -0.05) is 6.42 Å². The number of fused-ring (bicyclic) bond motifs is 1. The fraction of sp³-hybridized carbons (Fsp3) is 0.533. The van der Waals surface area contributed by atoms with E-state index in [9.17, 15) is 13.2 Å². The number of sulfonamides is 1. The Kier molecular flexibility index (Phi) is 3.86. The molecule has 0 N–H and O–H groups in total. The lowest BCUT2D eigenvalue weighted by Gasteiger charge is -2.32. The molecule has 6 nitrogen and oxygen atoms in total. The Bertz CT molecular complexity index is 850. The molecule has 3 rings (SSSR count). The van der Waals surface area contributed by atoms with Crippen LogP contribution in [-0.2, 0) is 16.6 Å². The smallest absolute Gasteiger partial charge is 0.408 e. The highest BCUT2D eigenvalue weighted by Crippen LogP contribution is 2.27. The van der Waals surface area contributed by atoms with Crippen LogP contribution in [0.1, 0.15) is 33.1 Å². The molecule has 0 amide bonds. The zero-order valence-electron chi connectivity index (χ0n) is 12.8. The zero-order chi connectivity index (χ0) is 15.9. The Morgan fingerprint density at radius 1 is 1.32 bits per heavy atom. The highest BCUT2D eigenvalue weighted by Gasteiger charge is 2.31. The molecule has 1 aromatic carbocycles. The highest BCUT2D eigenvalue weighted by molar-refractivity contribution is 7.89. The van der Waals surface area contributed by atoms with Crippen LogP contribution in [0.2, 0.25) is 0 Å². The van der Waals surface area contributed by atoms with E-state index in [2.05, 4.69) is 0 Å². The van der Waals surface area contributed by atoms with E-state index in [1.165, 1.54) is 10.6 Å². The molecule has 2 aromatic rings. The summed E-state index contributed by atoms with van der Waals surface area (Å²) < 4.78 is 33.8. The van der Waals surface area contributed by atoms with Crippen molar-refractivity contribution in [1.29, 1.82) is 0 Å². The summed E-state index contributed by atoms with van der Waals surface area (Å²) in [5.41, 5.74) is 0.940. The predicted octanol–water partition coefficient (Wildman–Crippen LogP) is 2.18. The van der Waals surface area contributed by atoms with Crippen LogP contribution in [0.15, 0.2) is 32.3 Å². The van der Waals surface area contributed by atoms with Crippen molar-refractivity contribution in [2.45, 2.75) is 50.6 Å². The van der Waals surface area contributed by atoms with E-state index >= 15 is 0 Å². The van der Waals surface area contributed by atoms with Gasteiger partial charge in [-0.3, -0.25) is 4.57 Å². The third-order valence-corrected chi connectivity index (χ3v) is 6.31. The van der Waals surface area contributed by atoms with Crippen LogP contribution in [0.4, 0.5) is 0 Å². The number of aromatic nitrogens is 1. The molecule has 1 aliphatic rings. The molecule has 1 saturated heterocycles. The van der Waals surface area contributed by atoms with E-state index < -0.39 is 15.8 Å². The highest BCUT2D eigenvalue weighted by atomic mass is 32.2. The second kappa shape index (κ2) is 5.55. The van der Waals surface area contributed by atoms with E-state index in [0.29, 0.717) is 24.2 Å². The zero-order valence-corrected chi connectivity index (χ0v) is 13.6. The molecule has 1 aliphatic heterocycles. The summed E-state index contributed by atoms with van der Waals surface area (Å²) in [6, 6.07) is 4.66. The number of aryl methyl sites for hydroxylation is 1. The lowest BCUT2D eigenvalue weighted by molar-refractivity contribution is 0.268. The SMILES string of the molecule is CCn1c(=O)oc2cc(S(=O)(=O)N3CCCC[C@@H]3C)ccc21. The number of oxazole rings is 1. The van der Waals surface area contributed by atoms with Gasteiger partial charge in [0.1, 0.15) is 0 Å². The van der Waals surface area contributed by atoms with Gasteiger partial charge in [0.2, 0.25) is 10.0 Å². The maximum Gasteiger partial charge on any atom is 0.419 e. The van der Waals surface area contributed by atoms with Gasteiger partial charge in [-0.2, -0.15) is 4.31 Å². The number of nitrogens with zero attached hydrogens (tertiary/aromatic N) is 2. The van der Waals surface area contributed by atoms with Gasteiger partial charge in [0, 0.05) is 25.2 Å². The lowest BCUT2D eigenvalue weighted by atomic mass is 10.1. The first-order chi connectivity index (χ1) is 10.4. The quantitative estimate of drug-likeness (QED) is 0.867. The van der Waals surface area contributed by atoms with Crippen molar-refractivity contribution in [2.75, 3.05) is 6.54 Å². The molecule has 1 fully saturated rings. The molecule has 0 radical (unpaired) electrons. The van der Waals surface area contributed by atoms with Crippen LogP contribution >= 0.6 is 0 Å². The van der Waals surface area contributed by atoms with Gasteiger partial charge >= 0.3 is 5.76 Å². The van der Waals surface area contributed by atoms with Gasteiger partial charge in [0.05, 0.1) is 10.4 Å². The monoisotopic (exact) mass is 324 g/mol. The Labute approximate surface area is 129 Å². The minimum absolute atomic E-state index is 0.00157. The summed E-state index contributed by atoms with van der Waals surface area (Å²) in [5, 5.41) is 0. The lowest BCUT2D eigenvalue weighted by Crippen LogP contribution is -2.41. The topological polar surface area (TPSA) is 72.5 Å². The van der Waals surface area contributed by atoms with Gasteiger partial charge in [-0.15, -0.1) is 0 Å². The van der Waals surface area contributed by atoms with E-state index in [4.69, 9.17) is 4.42 Å². The Morgan fingerprint density at radius 2 is 2.09 bits per heavy atom. The third kappa shape index (κ3) is 2.38. The average Bonchev–Trinajstić information content (AvgIpc) is 2.81. The van der Waals surface area contributed by atoms with Crippen LogP contribution in [0.25, 0.3) is 11.1 Å². The second-order valence-electron chi connectivity index (χ2n) is 5.70. The van der Waals surface area contributed by atoms with Crippen LogP contribution in [0.5, 0.6) is 0 Å². The average molecular weight is 324 g/mol. The summed E-state index contributed by atoms with van der Waals surface area (Å²) in [6.45, 7) is 4.81. The molecule has 0 bridgehead atoms. The number of hydrogen-bond donors (Lipinski definition) is 0. The summed E-state index contributed by atoms with van der Waals surface area (Å²) in [4.78, 5) is 11.9. The molecule has 0 saturated carbocycles. The number of rotatable bonds is 3. The van der Waals surface area contributed by atoms with Gasteiger partial charge < -0.3 is 4.42 Å². The fourth-order valence-corrected chi connectivity index (χ4v) is 4.79. The molecule has 120 valence electrons. The molecular formula is C15H20N2O4S. The van der Waals surface area contributed by atoms with Crippen LogP contribution < -0.4 is 5.76 Å². The van der Waals surface area contributed by atoms with Gasteiger partial charge in [-0.05, 0) is 38.8 Å². The standard InChI is InChI=1S/C15H20N2O4S/c1-3-16-13-8-7-12(10-14(13)21-15(16)18)22(19,20)17-9-5-4-6-11(17)2/h7-8,10-11H,3-6,9H2,1-2H3/t11-/m0/s1. The van der Waals surface area contributed by atoms with Crippen molar-refractivity contribution in [3.63, 3.8) is 0 Å². The summed E-state index contributed by atoms with van der Waals surface area (Å²) in [5.74, 6) is -0.460. The first-order valence-corrected chi connectivity index (χ1v) is 9.04. The van der Waals surface area contributed by atoms with Crippen LogP contribution in [-0.4, -0.2) is 29.9 Å². The molecule has 0 aliphatic carbocycles. The molecule has 0 spiro atoms. The Hall–Kier alpha value is -1.60. The number of piperidine rings is 1. The van der Waals surface area contributed by atoms with Crippen molar-refractivity contribution in [3.05, 3.63) is 28.7 Å². The number of hydrogen-bond acceptors (Lipinski definition) is 4. The van der Waals surface area contributed by atoms with Crippen molar-refractivity contribution >= 4 is 21.1 Å². The Morgan fingerprint density at radius 3 is 2.77 bits per heavy atom. The number of benzene rings is 1. The maximum absolute atomic E-state index is 12.8. The normalized spacial score (nSPS) is 20.5. The summed E-state index contributed by atoms with van der Waals surface area (Å²) >= 11 is 0. The van der Waals surface area contributed by atoms with E-state index in [1.807, 2.05) is 13.8 Å². The second-order valence-corrected chi connectivity index (χ2v) is 7.59. The molecule has 22 heavy (non-hydrogen) atoms. The maximum atomic E-state index is 12.8. The fourth-order valence-electron chi connectivity index (χ4n) is 3.07. The first kappa shape index (κ1) is 15.3. The van der Waals surface area contributed by atoms with E-state index in [1.54, 1.807) is 16.4 Å². The summed E-state index contributed by atoms with van der Waals surface area (Å²) in [6.07, 6.45) is 2.82. The molecule has 7 heteroatoms. The largest absolute Gasteiger partial charge is 0.419 e. The van der Waals surface area contributed by atoms with E-state index in [-0.39, 0.29) is 10.9 Å². The van der Waals surface area contributed by atoms with Gasteiger partial charge in [-0.25, -0.2) is 13.2 Å². The van der Waals surface area contributed by atoms with Crippen molar-refractivity contribution in [3.8, 4) is 0 Å². The summed E-state index contributed by atoms with van der Waals surface area (Å²) in [7, 11) is -3.55. The molecule has 1 atom stereocenters. The predicted molar refractivity (Wildman–Crippen MR) is 83.4 cm³/mol. The van der Waals surface area contributed by atoms with Gasteiger partial charge in [0.25, 0.3) is 0 Å². The van der Waals surface area contributed by atoms with Crippen molar-refractivity contribution < 1.29 is 12.8 Å². The van der Waals surface area contributed by atoms with Crippen molar-refractivity contribution in [2.24, 2.45) is 0 Å². The van der Waals surface area contributed by atoms with Crippen LogP contribution in [0.3, 0.4) is 0 Å². The van der Waals surface area contributed by atoms with Crippen LogP contribution in [0, 0.1) is 0 Å². The Balaban J connectivity index is 2.07. The minimum atomic E-state index is -3.55. The van der Waals surface area contributed by atoms with E-state index in [0.717, 1.165) is 19.3 Å². The molecule has 0 unspecified atom stereocenters. The van der Waals surface area contributed by atoms with Gasteiger partial charge in [0.15, 0.2) is 5.58 Å². The minimum Gasteiger partial charge on any atom is -0.408 e. The molecule has 1 aromatic heterocycles. The first-order valence-electron chi connectivity index (χ1n) is 7.60. The van der Waals surface area contributed by atoms with Crippen molar-refractivity contribution in [1.82, 2.24) is 8.87 Å².